The number of aromatic amines is 1. The minimum absolute atomic E-state index is 0.0940. The lowest BCUT2D eigenvalue weighted by molar-refractivity contribution is -0.122. The third kappa shape index (κ3) is 4.52. The second-order valence-corrected chi connectivity index (χ2v) is 5.87. The summed E-state index contributed by atoms with van der Waals surface area (Å²) in [5.41, 5.74) is 1.90. The summed E-state index contributed by atoms with van der Waals surface area (Å²) in [6.45, 7) is 3.73. The van der Waals surface area contributed by atoms with Crippen LogP contribution >= 0.6 is 0 Å². The summed E-state index contributed by atoms with van der Waals surface area (Å²) in [5.74, 6) is -1.31. The fourth-order valence-electron chi connectivity index (χ4n) is 2.68. The molecule has 0 fully saturated rings. The summed E-state index contributed by atoms with van der Waals surface area (Å²) in [5, 5.41) is 3.35. The van der Waals surface area contributed by atoms with Crippen LogP contribution in [0.4, 0.5) is 8.78 Å². The first-order valence-electron chi connectivity index (χ1n) is 7.82. The van der Waals surface area contributed by atoms with E-state index in [1.54, 1.807) is 7.11 Å². The van der Waals surface area contributed by atoms with E-state index in [1.807, 2.05) is 18.9 Å². The number of fused-ring (bicyclic) bond motifs is 1. The molecule has 2 aromatic rings. The van der Waals surface area contributed by atoms with Crippen LogP contribution in [0.2, 0.25) is 0 Å². The number of nitrogens with zero attached hydrogens (tertiary/aromatic N) is 1. The molecule has 5 nitrogen and oxygen atoms in total. The van der Waals surface area contributed by atoms with Crippen molar-refractivity contribution in [3.8, 4) is 0 Å². The van der Waals surface area contributed by atoms with E-state index < -0.39 is 11.6 Å². The van der Waals surface area contributed by atoms with Crippen LogP contribution < -0.4 is 5.32 Å². The Kier molecular flexibility index (Phi) is 6.28. The highest BCUT2D eigenvalue weighted by atomic mass is 19.1. The van der Waals surface area contributed by atoms with Crippen molar-refractivity contribution >= 4 is 16.8 Å². The van der Waals surface area contributed by atoms with E-state index in [9.17, 15) is 13.6 Å². The van der Waals surface area contributed by atoms with Gasteiger partial charge in [-0.2, -0.15) is 0 Å². The molecule has 7 heteroatoms. The van der Waals surface area contributed by atoms with Crippen LogP contribution in [0.25, 0.3) is 10.9 Å². The fraction of sp³-hybridized carbons (Fsp3) is 0.471. The number of H-pyrrole nitrogens is 1. The molecule has 0 aliphatic heterocycles. The Morgan fingerprint density at radius 2 is 2.12 bits per heavy atom. The standard InChI is InChI=1S/C17H23F2N3O2/c1-11-13(14-8-12(18)9-15(19)17(14)21-11)4-5-20-16(23)10-22(2)6-7-24-3/h8-9,21H,4-7,10H2,1-3H3,(H,20,23). The van der Waals surface area contributed by atoms with Crippen LogP contribution in [-0.4, -0.2) is 56.2 Å². The molecule has 0 aliphatic rings. The lowest BCUT2D eigenvalue weighted by Crippen LogP contribution is -2.37. The number of methoxy groups -OCH3 is 1. The molecule has 0 bridgehead atoms. The number of hydrogen-bond acceptors (Lipinski definition) is 3. The maximum Gasteiger partial charge on any atom is 0.234 e. The van der Waals surface area contributed by atoms with Crippen molar-refractivity contribution in [2.24, 2.45) is 0 Å². The smallest absolute Gasteiger partial charge is 0.234 e. The van der Waals surface area contributed by atoms with E-state index >= 15 is 0 Å². The molecule has 0 saturated carbocycles. The zero-order chi connectivity index (χ0) is 17.7. The number of carbonyl (C=O) groups excluding carboxylic acids is 1. The SMILES string of the molecule is COCCN(C)CC(=O)NCCc1c(C)[nH]c2c(F)cc(F)cc12. The molecule has 1 heterocycles. The molecule has 0 atom stereocenters. The highest BCUT2D eigenvalue weighted by Crippen LogP contribution is 2.25. The largest absolute Gasteiger partial charge is 0.383 e. The summed E-state index contributed by atoms with van der Waals surface area (Å²) in [7, 11) is 3.46. The number of amides is 1. The van der Waals surface area contributed by atoms with Gasteiger partial charge in [-0.1, -0.05) is 0 Å². The predicted molar refractivity (Wildman–Crippen MR) is 89.0 cm³/mol. The monoisotopic (exact) mass is 339 g/mol. The maximum absolute atomic E-state index is 13.8. The molecule has 2 N–H and O–H groups in total. The van der Waals surface area contributed by atoms with Crippen molar-refractivity contribution in [2.45, 2.75) is 13.3 Å². The van der Waals surface area contributed by atoms with Crippen molar-refractivity contribution in [3.05, 3.63) is 35.0 Å². The number of aryl methyl sites for hydroxylation is 1. The van der Waals surface area contributed by atoms with Gasteiger partial charge in [0.05, 0.1) is 18.7 Å². The van der Waals surface area contributed by atoms with Gasteiger partial charge >= 0.3 is 0 Å². The average Bonchev–Trinajstić information content (AvgIpc) is 2.82. The Hall–Kier alpha value is -1.99. The molecule has 1 aromatic carbocycles. The molecule has 1 aromatic heterocycles. The number of aromatic nitrogens is 1. The Balaban J connectivity index is 1.94. The number of halogens is 2. The van der Waals surface area contributed by atoms with Gasteiger partial charge in [0.1, 0.15) is 11.6 Å². The second kappa shape index (κ2) is 8.21. The highest BCUT2D eigenvalue weighted by Gasteiger charge is 2.14. The van der Waals surface area contributed by atoms with Gasteiger partial charge in [-0.15, -0.1) is 0 Å². The summed E-state index contributed by atoms with van der Waals surface area (Å²) in [4.78, 5) is 16.7. The first-order chi connectivity index (χ1) is 11.4. The number of carbonyl (C=O) groups is 1. The van der Waals surface area contributed by atoms with E-state index in [-0.39, 0.29) is 12.5 Å². The topological polar surface area (TPSA) is 57.4 Å². The molecular weight excluding hydrogens is 316 g/mol. The molecule has 0 spiro atoms. The molecule has 2 rings (SSSR count). The van der Waals surface area contributed by atoms with E-state index in [0.29, 0.717) is 37.0 Å². The van der Waals surface area contributed by atoms with Crippen LogP contribution in [0.15, 0.2) is 12.1 Å². The molecule has 0 unspecified atom stereocenters. The summed E-state index contributed by atoms with van der Waals surface area (Å²) >= 11 is 0. The summed E-state index contributed by atoms with van der Waals surface area (Å²) in [6.07, 6.45) is 0.502. The molecule has 132 valence electrons. The molecular formula is C17H23F2N3O2. The molecule has 0 aliphatic carbocycles. The zero-order valence-electron chi connectivity index (χ0n) is 14.2. The number of nitrogens with one attached hydrogen (secondary N) is 2. The van der Waals surface area contributed by atoms with Crippen LogP contribution in [0.3, 0.4) is 0 Å². The van der Waals surface area contributed by atoms with Crippen molar-refractivity contribution < 1.29 is 18.3 Å². The van der Waals surface area contributed by atoms with E-state index in [0.717, 1.165) is 17.3 Å². The molecule has 1 amide bonds. The van der Waals surface area contributed by atoms with Gasteiger partial charge < -0.3 is 15.0 Å². The van der Waals surface area contributed by atoms with Crippen LogP contribution in [0.5, 0.6) is 0 Å². The third-order valence-electron chi connectivity index (χ3n) is 3.93. The van der Waals surface area contributed by atoms with E-state index in [2.05, 4.69) is 10.3 Å². The van der Waals surface area contributed by atoms with Crippen molar-refractivity contribution in [3.63, 3.8) is 0 Å². The summed E-state index contributed by atoms with van der Waals surface area (Å²) < 4.78 is 32.2. The van der Waals surface area contributed by atoms with E-state index in [4.69, 9.17) is 4.74 Å². The van der Waals surface area contributed by atoms with Crippen molar-refractivity contribution in [2.75, 3.05) is 40.4 Å². The number of ether oxygens (including phenoxy) is 1. The lowest BCUT2D eigenvalue weighted by Gasteiger charge is -2.15. The fourth-order valence-corrected chi connectivity index (χ4v) is 2.68. The van der Waals surface area contributed by atoms with Crippen LogP contribution in [0.1, 0.15) is 11.3 Å². The Bertz CT molecular complexity index is 715. The quantitative estimate of drug-likeness (QED) is 0.773. The Morgan fingerprint density at radius 3 is 2.83 bits per heavy atom. The van der Waals surface area contributed by atoms with Crippen molar-refractivity contribution in [1.29, 1.82) is 0 Å². The highest BCUT2D eigenvalue weighted by molar-refractivity contribution is 5.85. The first-order valence-corrected chi connectivity index (χ1v) is 7.82. The number of hydrogen-bond donors (Lipinski definition) is 2. The summed E-state index contributed by atoms with van der Waals surface area (Å²) in [6, 6.07) is 2.18. The minimum atomic E-state index is -0.608. The average molecular weight is 339 g/mol. The van der Waals surface area contributed by atoms with Gasteiger partial charge in [-0.05, 0) is 32.0 Å². The number of likely N-dealkylation sites (N-methyl/N-ethyl adjacent to an activating group) is 1. The van der Waals surface area contributed by atoms with E-state index in [1.165, 1.54) is 6.07 Å². The van der Waals surface area contributed by atoms with Gasteiger partial charge in [0.2, 0.25) is 5.91 Å². The van der Waals surface area contributed by atoms with Gasteiger partial charge in [-0.25, -0.2) is 8.78 Å². The number of rotatable bonds is 8. The first kappa shape index (κ1) is 18.4. The lowest BCUT2D eigenvalue weighted by atomic mass is 10.1. The minimum Gasteiger partial charge on any atom is -0.383 e. The van der Waals surface area contributed by atoms with Gasteiger partial charge in [-0.3, -0.25) is 9.69 Å². The van der Waals surface area contributed by atoms with Gasteiger partial charge in [0, 0.05) is 37.3 Å². The maximum atomic E-state index is 13.8. The van der Waals surface area contributed by atoms with Crippen LogP contribution in [0, 0.1) is 18.6 Å². The molecule has 0 saturated heterocycles. The molecule has 24 heavy (non-hydrogen) atoms. The Labute approximate surface area is 140 Å². The van der Waals surface area contributed by atoms with Crippen molar-refractivity contribution in [1.82, 2.24) is 15.2 Å². The van der Waals surface area contributed by atoms with Gasteiger partial charge in [0.25, 0.3) is 0 Å². The second-order valence-electron chi connectivity index (χ2n) is 5.87. The Morgan fingerprint density at radius 1 is 1.38 bits per heavy atom. The molecule has 0 radical (unpaired) electrons. The predicted octanol–water partition coefficient (Wildman–Crippen LogP) is 1.99. The van der Waals surface area contributed by atoms with Gasteiger partial charge in [0.15, 0.2) is 0 Å². The van der Waals surface area contributed by atoms with Crippen LogP contribution in [-0.2, 0) is 16.0 Å². The number of benzene rings is 1. The normalized spacial score (nSPS) is 11.4. The zero-order valence-corrected chi connectivity index (χ0v) is 14.2. The third-order valence-corrected chi connectivity index (χ3v) is 3.93.